The van der Waals surface area contributed by atoms with Gasteiger partial charge in [-0.05, 0) is 18.6 Å². The fourth-order valence-electron chi connectivity index (χ4n) is 1.68. The van der Waals surface area contributed by atoms with E-state index in [1.165, 1.54) is 0 Å². The van der Waals surface area contributed by atoms with Gasteiger partial charge in [0.15, 0.2) is 0 Å². The fourth-order valence-corrected chi connectivity index (χ4v) is 1.68. The summed E-state index contributed by atoms with van der Waals surface area (Å²) in [4.78, 5) is 6.51. The molecule has 0 spiro atoms. The van der Waals surface area contributed by atoms with Crippen molar-refractivity contribution in [2.45, 2.75) is 13.0 Å². The zero-order valence-electron chi connectivity index (χ0n) is 8.53. The first-order chi connectivity index (χ1) is 6.70. The van der Waals surface area contributed by atoms with Crippen molar-refractivity contribution < 1.29 is 4.74 Å². The van der Waals surface area contributed by atoms with Crippen LogP contribution in [-0.2, 0) is 4.74 Å². The molecule has 0 aromatic carbocycles. The number of methoxy groups -OCH3 is 1. The molecule has 2 heterocycles. The monoisotopic (exact) mass is 193 g/mol. The lowest BCUT2D eigenvalue weighted by Crippen LogP contribution is -2.52. The van der Waals surface area contributed by atoms with Crippen molar-refractivity contribution in [3.05, 3.63) is 17.8 Å². The molecule has 2 rings (SSSR count). The van der Waals surface area contributed by atoms with Crippen molar-refractivity contribution in [3.8, 4) is 0 Å². The van der Waals surface area contributed by atoms with E-state index in [1.807, 2.05) is 13.0 Å². The highest BCUT2D eigenvalue weighted by Gasteiger charge is 2.28. The molecule has 4 nitrogen and oxygen atoms in total. The lowest BCUT2D eigenvalue weighted by Gasteiger charge is -2.39. The molecule has 0 aliphatic carbocycles. The predicted molar refractivity (Wildman–Crippen MR) is 56.4 cm³/mol. The van der Waals surface area contributed by atoms with Crippen LogP contribution in [-0.4, -0.2) is 31.3 Å². The van der Waals surface area contributed by atoms with Crippen LogP contribution in [0.5, 0.6) is 0 Å². The highest BCUT2D eigenvalue weighted by molar-refractivity contribution is 5.54. The van der Waals surface area contributed by atoms with Crippen LogP contribution >= 0.6 is 0 Å². The number of nitrogen functional groups attached to an aromatic ring is 1. The molecule has 1 fully saturated rings. The summed E-state index contributed by atoms with van der Waals surface area (Å²) in [6.45, 7) is 3.88. The maximum absolute atomic E-state index is 5.63. The summed E-state index contributed by atoms with van der Waals surface area (Å²) in [5.74, 6) is 1.02. The van der Waals surface area contributed by atoms with Crippen LogP contribution < -0.4 is 10.6 Å². The first-order valence-corrected chi connectivity index (χ1v) is 4.70. The third kappa shape index (κ3) is 1.53. The van der Waals surface area contributed by atoms with Crippen LogP contribution in [0.2, 0.25) is 0 Å². The number of hydrogen-bond acceptors (Lipinski definition) is 4. The Bertz CT molecular complexity index is 334. The average molecular weight is 193 g/mol. The summed E-state index contributed by atoms with van der Waals surface area (Å²) in [6, 6.07) is 1.95. The number of rotatable bonds is 2. The molecule has 0 saturated carbocycles. The third-order valence-corrected chi connectivity index (χ3v) is 2.55. The van der Waals surface area contributed by atoms with Crippen molar-refractivity contribution in [1.29, 1.82) is 0 Å². The van der Waals surface area contributed by atoms with Gasteiger partial charge in [0.25, 0.3) is 0 Å². The number of nitrogens with zero attached hydrogens (tertiary/aromatic N) is 2. The summed E-state index contributed by atoms with van der Waals surface area (Å²) in [6.07, 6.45) is 2.05. The Morgan fingerprint density at radius 3 is 2.86 bits per heavy atom. The van der Waals surface area contributed by atoms with Crippen molar-refractivity contribution in [1.82, 2.24) is 4.98 Å². The van der Waals surface area contributed by atoms with Crippen molar-refractivity contribution >= 4 is 11.5 Å². The Kier molecular flexibility index (Phi) is 2.29. The predicted octanol–water partition coefficient (Wildman–Crippen LogP) is 0.807. The molecule has 0 atom stereocenters. The molecule has 1 aliphatic rings. The van der Waals surface area contributed by atoms with Gasteiger partial charge in [-0.3, -0.25) is 0 Å². The van der Waals surface area contributed by atoms with E-state index in [0.29, 0.717) is 6.10 Å². The van der Waals surface area contributed by atoms with Gasteiger partial charge in [0.05, 0.1) is 18.0 Å². The normalized spacial score (nSPS) is 16.9. The minimum Gasteiger partial charge on any atom is -0.397 e. The van der Waals surface area contributed by atoms with Gasteiger partial charge in [0.1, 0.15) is 5.82 Å². The summed E-state index contributed by atoms with van der Waals surface area (Å²) in [5.41, 5.74) is 7.48. The Morgan fingerprint density at radius 2 is 2.29 bits per heavy atom. The van der Waals surface area contributed by atoms with Crippen molar-refractivity contribution in [2.24, 2.45) is 0 Å². The standard InChI is InChI=1S/C10H15N3O/c1-7-3-8(11)4-12-10(7)13-5-9(6-13)14-2/h3-4,9H,5-6,11H2,1-2H3. The smallest absolute Gasteiger partial charge is 0.131 e. The molecule has 0 radical (unpaired) electrons. The quantitative estimate of drug-likeness (QED) is 0.755. The van der Waals surface area contributed by atoms with E-state index in [0.717, 1.165) is 30.2 Å². The maximum Gasteiger partial charge on any atom is 0.131 e. The molecule has 0 bridgehead atoms. The Balaban J connectivity index is 2.11. The second-order valence-corrected chi connectivity index (χ2v) is 3.67. The zero-order chi connectivity index (χ0) is 10.1. The van der Waals surface area contributed by atoms with Crippen LogP contribution in [0.1, 0.15) is 5.56 Å². The number of pyridine rings is 1. The molecule has 1 saturated heterocycles. The van der Waals surface area contributed by atoms with Gasteiger partial charge in [0.2, 0.25) is 0 Å². The average Bonchev–Trinajstić information content (AvgIpc) is 2.06. The lowest BCUT2D eigenvalue weighted by atomic mass is 10.1. The van der Waals surface area contributed by atoms with Crippen molar-refractivity contribution in [2.75, 3.05) is 30.8 Å². The van der Waals surface area contributed by atoms with Gasteiger partial charge in [0, 0.05) is 20.2 Å². The summed E-state index contributed by atoms with van der Waals surface area (Å²) < 4.78 is 5.21. The largest absolute Gasteiger partial charge is 0.397 e. The van der Waals surface area contributed by atoms with E-state index in [1.54, 1.807) is 13.3 Å². The van der Waals surface area contributed by atoms with E-state index in [9.17, 15) is 0 Å². The van der Waals surface area contributed by atoms with Gasteiger partial charge >= 0.3 is 0 Å². The molecule has 4 heteroatoms. The SMILES string of the molecule is COC1CN(c2ncc(N)cc2C)C1. The van der Waals surface area contributed by atoms with E-state index < -0.39 is 0 Å². The Labute approximate surface area is 83.7 Å². The topological polar surface area (TPSA) is 51.4 Å². The molecule has 0 unspecified atom stereocenters. The number of ether oxygens (including phenoxy) is 1. The number of aryl methyl sites for hydroxylation is 1. The molecule has 1 aliphatic heterocycles. The van der Waals surface area contributed by atoms with Crippen LogP contribution in [0.3, 0.4) is 0 Å². The molecule has 14 heavy (non-hydrogen) atoms. The summed E-state index contributed by atoms with van der Waals surface area (Å²) >= 11 is 0. The maximum atomic E-state index is 5.63. The molecule has 2 N–H and O–H groups in total. The van der Waals surface area contributed by atoms with E-state index in [-0.39, 0.29) is 0 Å². The summed E-state index contributed by atoms with van der Waals surface area (Å²) in [7, 11) is 1.74. The van der Waals surface area contributed by atoms with E-state index in [4.69, 9.17) is 10.5 Å². The number of aromatic nitrogens is 1. The van der Waals surface area contributed by atoms with Gasteiger partial charge in [-0.1, -0.05) is 0 Å². The van der Waals surface area contributed by atoms with E-state index >= 15 is 0 Å². The fraction of sp³-hybridized carbons (Fsp3) is 0.500. The Morgan fingerprint density at radius 1 is 1.57 bits per heavy atom. The second kappa shape index (κ2) is 3.46. The highest BCUT2D eigenvalue weighted by Crippen LogP contribution is 2.24. The molecule has 0 amide bonds. The minimum absolute atomic E-state index is 0.355. The van der Waals surface area contributed by atoms with Crippen LogP contribution in [0.4, 0.5) is 11.5 Å². The zero-order valence-corrected chi connectivity index (χ0v) is 8.53. The molecular weight excluding hydrogens is 178 g/mol. The van der Waals surface area contributed by atoms with Gasteiger partial charge in [-0.25, -0.2) is 4.98 Å². The first kappa shape index (κ1) is 9.27. The number of nitrogens with two attached hydrogens (primary N) is 1. The lowest BCUT2D eigenvalue weighted by molar-refractivity contribution is 0.0782. The van der Waals surface area contributed by atoms with Crippen molar-refractivity contribution in [3.63, 3.8) is 0 Å². The van der Waals surface area contributed by atoms with Crippen LogP contribution in [0, 0.1) is 6.92 Å². The summed E-state index contributed by atoms with van der Waals surface area (Å²) in [5, 5.41) is 0. The van der Waals surface area contributed by atoms with Crippen LogP contribution in [0.25, 0.3) is 0 Å². The minimum atomic E-state index is 0.355. The van der Waals surface area contributed by atoms with E-state index in [2.05, 4.69) is 9.88 Å². The molecule has 1 aromatic rings. The van der Waals surface area contributed by atoms with Gasteiger partial charge < -0.3 is 15.4 Å². The molecule has 76 valence electrons. The highest BCUT2D eigenvalue weighted by atomic mass is 16.5. The van der Waals surface area contributed by atoms with Crippen LogP contribution in [0.15, 0.2) is 12.3 Å². The Hall–Kier alpha value is -1.29. The molecule has 1 aromatic heterocycles. The van der Waals surface area contributed by atoms with Gasteiger partial charge in [-0.2, -0.15) is 0 Å². The number of hydrogen-bond donors (Lipinski definition) is 1. The third-order valence-electron chi connectivity index (χ3n) is 2.55. The first-order valence-electron chi connectivity index (χ1n) is 4.70. The number of anilines is 2. The molecular formula is C10H15N3O. The second-order valence-electron chi connectivity index (χ2n) is 3.67. The van der Waals surface area contributed by atoms with Gasteiger partial charge in [-0.15, -0.1) is 0 Å².